The van der Waals surface area contributed by atoms with Crippen LogP contribution in [0.3, 0.4) is 0 Å². The monoisotopic (exact) mass is 331 g/mol. The summed E-state index contributed by atoms with van der Waals surface area (Å²) >= 11 is 0. The Hall–Kier alpha value is -1.82. The van der Waals surface area contributed by atoms with E-state index in [-0.39, 0.29) is 17.9 Å². The number of hydrogen-bond donors (Lipinski definition) is 1. The number of nitrogens with one attached hydrogen (secondary N) is 1. The maximum Gasteiger partial charge on any atom is 0.289 e. The lowest BCUT2D eigenvalue weighted by molar-refractivity contribution is -0.134. The number of fused-ring (bicyclic) bond motifs is 1. The number of carbonyl (C=O) groups is 2. The molecule has 1 aliphatic carbocycles. The van der Waals surface area contributed by atoms with Gasteiger partial charge in [-0.2, -0.15) is 0 Å². The first-order chi connectivity index (χ1) is 11.7. The third kappa shape index (κ3) is 2.95. The molecule has 0 aromatic carbocycles. The lowest BCUT2D eigenvalue weighted by Crippen LogP contribution is -2.54. The largest absolute Gasteiger partial charge is 0.459 e. The minimum absolute atomic E-state index is 0.0228. The summed E-state index contributed by atoms with van der Waals surface area (Å²) in [4.78, 5) is 28.8. The van der Waals surface area contributed by atoms with Crippen LogP contribution in [0, 0.1) is 5.92 Å². The molecule has 6 nitrogen and oxygen atoms in total. The zero-order valence-corrected chi connectivity index (χ0v) is 13.9. The van der Waals surface area contributed by atoms with E-state index < -0.39 is 0 Å². The second-order valence-corrected chi connectivity index (χ2v) is 7.20. The Morgan fingerprint density at radius 1 is 1.08 bits per heavy atom. The van der Waals surface area contributed by atoms with Gasteiger partial charge in [-0.1, -0.05) is 12.8 Å². The Bertz CT molecular complexity index is 579. The molecule has 0 spiro atoms. The SMILES string of the molecule is O=C(c1ccco1)N1CCN(C(=O)C2CC3CCCCC3N2)CC1. The van der Waals surface area contributed by atoms with Crippen molar-refractivity contribution >= 4 is 11.8 Å². The van der Waals surface area contributed by atoms with Crippen LogP contribution in [0.1, 0.15) is 42.7 Å². The number of rotatable bonds is 2. The van der Waals surface area contributed by atoms with Crippen LogP contribution in [-0.2, 0) is 4.79 Å². The maximum atomic E-state index is 12.8. The Morgan fingerprint density at radius 2 is 1.83 bits per heavy atom. The second kappa shape index (κ2) is 6.59. The predicted octanol–water partition coefficient (Wildman–Crippen LogP) is 1.48. The molecule has 3 aliphatic rings. The first-order valence-corrected chi connectivity index (χ1v) is 9.10. The van der Waals surface area contributed by atoms with E-state index in [1.165, 1.54) is 31.9 Å². The molecule has 4 rings (SSSR count). The topological polar surface area (TPSA) is 65.8 Å². The van der Waals surface area contributed by atoms with Crippen LogP contribution >= 0.6 is 0 Å². The van der Waals surface area contributed by atoms with Gasteiger partial charge in [-0.15, -0.1) is 0 Å². The second-order valence-electron chi connectivity index (χ2n) is 7.20. The van der Waals surface area contributed by atoms with Crippen LogP contribution in [0.25, 0.3) is 0 Å². The molecule has 3 unspecified atom stereocenters. The highest BCUT2D eigenvalue weighted by Crippen LogP contribution is 2.33. The Kier molecular flexibility index (Phi) is 4.31. The van der Waals surface area contributed by atoms with E-state index in [0.717, 1.165) is 6.42 Å². The number of piperazine rings is 1. The third-order valence-corrected chi connectivity index (χ3v) is 5.77. The normalized spacial score (nSPS) is 30.2. The summed E-state index contributed by atoms with van der Waals surface area (Å²) in [5.41, 5.74) is 0. The summed E-state index contributed by atoms with van der Waals surface area (Å²) in [6.07, 6.45) is 7.54. The predicted molar refractivity (Wildman–Crippen MR) is 88.5 cm³/mol. The van der Waals surface area contributed by atoms with Crippen LogP contribution in [0.15, 0.2) is 22.8 Å². The Morgan fingerprint density at radius 3 is 2.54 bits per heavy atom. The number of nitrogens with zero attached hydrogens (tertiary/aromatic N) is 2. The molecule has 2 amide bonds. The zero-order valence-electron chi connectivity index (χ0n) is 13.9. The van der Waals surface area contributed by atoms with Gasteiger partial charge < -0.3 is 19.5 Å². The molecule has 3 heterocycles. The quantitative estimate of drug-likeness (QED) is 0.891. The van der Waals surface area contributed by atoms with Gasteiger partial charge in [0.05, 0.1) is 12.3 Å². The van der Waals surface area contributed by atoms with E-state index in [1.807, 2.05) is 4.90 Å². The lowest BCUT2D eigenvalue weighted by Gasteiger charge is -2.35. The molecule has 2 saturated heterocycles. The van der Waals surface area contributed by atoms with Gasteiger partial charge in [-0.3, -0.25) is 9.59 Å². The first-order valence-electron chi connectivity index (χ1n) is 9.10. The van der Waals surface area contributed by atoms with Gasteiger partial charge in [-0.05, 0) is 37.3 Å². The van der Waals surface area contributed by atoms with Crippen molar-refractivity contribution in [3.63, 3.8) is 0 Å². The molecule has 24 heavy (non-hydrogen) atoms. The van der Waals surface area contributed by atoms with E-state index in [9.17, 15) is 9.59 Å². The van der Waals surface area contributed by atoms with E-state index in [0.29, 0.717) is 43.9 Å². The Balaban J connectivity index is 1.31. The van der Waals surface area contributed by atoms with E-state index >= 15 is 0 Å². The molecule has 1 aromatic heterocycles. The minimum Gasteiger partial charge on any atom is -0.459 e. The fourth-order valence-electron chi connectivity index (χ4n) is 4.42. The molecule has 3 fully saturated rings. The highest BCUT2D eigenvalue weighted by atomic mass is 16.3. The fourth-order valence-corrected chi connectivity index (χ4v) is 4.42. The average molecular weight is 331 g/mol. The van der Waals surface area contributed by atoms with Gasteiger partial charge in [-0.25, -0.2) is 0 Å². The van der Waals surface area contributed by atoms with Gasteiger partial charge in [0.1, 0.15) is 0 Å². The number of hydrogen-bond acceptors (Lipinski definition) is 4. The maximum absolute atomic E-state index is 12.8. The molecule has 0 radical (unpaired) electrons. The van der Waals surface area contributed by atoms with Gasteiger partial charge in [0.2, 0.25) is 5.91 Å². The zero-order chi connectivity index (χ0) is 16.5. The molecule has 1 aromatic rings. The molecular formula is C18H25N3O3. The number of carbonyl (C=O) groups excluding carboxylic acids is 2. The molecule has 130 valence electrons. The summed E-state index contributed by atoms with van der Waals surface area (Å²) in [5, 5.41) is 3.56. The van der Waals surface area contributed by atoms with Crippen molar-refractivity contribution in [3.05, 3.63) is 24.2 Å². The first kappa shape index (κ1) is 15.7. The molecule has 0 bridgehead atoms. The number of amides is 2. The summed E-state index contributed by atoms with van der Waals surface area (Å²) in [5.74, 6) is 1.18. The van der Waals surface area contributed by atoms with Gasteiger partial charge in [0, 0.05) is 32.2 Å². The van der Waals surface area contributed by atoms with Crippen molar-refractivity contribution in [2.75, 3.05) is 26.2 Å². The summed E-state index contributed by atoms with van der Waals surface area (Å²) in [6.45, 7) is 2.37. The van der Waals surface area contributed by atoms with Gasteiger partial charge in [0.15, 0.2) is 5.76 Å². The third-order valence-electron chi connectivity index (χ3n) is 5.77. The van der Waals surface area contributed by atoms with Crippen LogP contribution in [0.4, 0.5) is 0 Å². The fraction of sp³-hybridized carbons (Fsp3) is 0.667. The molecule has 2 aliphatic heterocycles. The highest BCUT2D eigenvalue weighted by molar-refractivity contribution is 5.91. The van der Waals surface area contributed by atoms with Crippen molar-refractivity contribution in [2.45, 2.75) is 44.2 Å². The summed E-state index contributed by atoms with van der Waals surface area (Å²) in [6, 6.07) is 3.92. The summed E-state index contributed by atoms with van der Waals surface area (Å²) in [7, 11) is 0. The standard InChI is InChI=1S/C18H25N3O3/c22-17(15-12-13-4-1-2-5-14(13)19-15)20-7-9-21(10-8-20)18(23)16-6-3-11-24-16/h3,6,11,13-15,19H,1-2,4-5,7-10,12H2. The van der Waals surface area contributed by atoms with Crippen LogP contribution in [0.5, 0.6) is 0 Å². The molecule has 1 saturated carbocycles. The molecule has 3 atom stereocenters. The van der Waals surface area contributed by atoms with Crippen LogP contribution in [-0.4, -0.2) is 59.9 Å². The molecule has 1 N–H and O–H groups in total. The van der Waals surface area contributed by atoms with E-state index in [2.05, 4.69) is 5.32 Å². The van der Waals surface area contributed by atoms with E-state index in [1.54, 1.807) is 17.0 Å². The highest BCUT2D eigenvalue weighted by Gasteiger charge is 2.40. The Labute approximate surface area is 142 Å². The summed E-state index contributed by atoms with van der Waals surface area (Å²) < 4.78 is 5.18. The van der Waals surface area contributed by atoms with E-state index in [4.69, 9.17) is 4.42 Å². The van der Waals surface area contributed by atoms with Gasteiger partial charge in [0.25, 0.3) is 5.91 Å². The van der Waals surface area contributed by atoms with Crippen molar-refractivity contribution in [2.24, 2.45) is 5.92 Å². The average Bonchev–Trinajstić information content (AvgIpc) is 3.30. The van der Waals surface area contributed by atoms with Crippen molar-refractivity contribution in [1.29, 1.82) is 0 Å². The van der Waals surface area contributed by atoms with Gasteiger partial charge >= 0.3 is 0 Å². The van der Waals surface area contributed by atoms with Crippen molar-refractivity contribution in [1.82, 2.24) is 15.1 Å². The van der Waals surface area contributed by atoms with Crippen molar-refractivity contribution in [3.8, 4) is 0 Å². The number of furan rings is 1. The van der Waals surface area contributed by atoms with Crippen molar-refractivity contribution < 1.29 is 14.0 Å². The lowest BCUT2D eigenvalue weighted by atomic mass is 9.85. The molecule has 6 heteroatoms. The smallest absolute Gasteiger partial charge is 0.289 e. The van der Waals surface area contributed by atoms with Crippen LogP contribution < -0.4 is 5.32 Å². The minimum atomic E-state index is -0.0860. The molecular weight excluding hydrogens is 306 g/mol. The van der Waals surface area contributed by atoms with Crippen LogP contribution in [0.2, 0.25) is 0 Å².